The Labute approximate surface area is 115 Å². The minimum Gasteiger partial charge on any atom is -0.392 e. The highest BCUT2D eigenvalue weighted by atomic mass is 32.2. The van der Waals surface area contributed by atoms with Crippen molar-refractivity contribution in [2.24, 2.45) is 0 Å². The first-order chi connectivity index (χ1) is 9.17. The number of sulfonamides is 1. The van der Waals surface area contributed by atoms with E-state index in [0.717, 1.165) is 0 Å². The van der Waals surface area contributed by atoms with Crippen molar-refractivity contribution in [2.75, 3.05) is 6.54 Å². The highest BCUT2D eigenvalue weighted by Crippen LogP contribution is 2.22. The van der Waals surface area contributed by atoms with Crippen molar-refractivity contribution < 1.29 is 26.7 Å². The third-order valence-electron chi connectivity index (χ3n) is 2.79. The highest BCUT2D eigenvalue weighted by Gasteiger charge is 2.26. The Balaban J connectivity index is 2.75. The molecule has 0 aliphatic heterocycles. The lowest BCUT2D eigenvalue weighted by atomic mass is 10.1. The highest BCUT2D eigenvalue weighted by molar-refractivity contribution is 7.89. The predicted octanol–water partition coefficient (Wildman–Crippen LogP) is 2.11. The standard InChI is InChI=1S/C12H16F3NO3S/c1-9-10(8-17)4-2-5-11(9)20(18,19)16-7-3-6-12(13,14)15/h2,4-5,16-17H,3,6-8H2,1H3. The SMILES string of the molecule is Cc1c(CO)cccc1S(=O)(=O)NCCCC(F)(F)F. The van der Waals surface area contributed by atoms with Gasteiger partial charge in [-0.05, 0) is 30.5 Å². The quantitative estimate of drug-likeness (QED) is 0.791. The number of hydrogen-bond acceptors (Lipinski definition) is 3. The van der Waals surface area contributed by atoms with Crippen LogP contribution >= 0.6 is 0 Å². The second-order valence-corrected chi connectivity index (χ2v) is 6.05. The summed E-state index contributed by atoms with van der Waals surface area (Å²) in [5, 5.41) is 9.07. The van der Waals surface area contributed by atoms with Gasteiger partial charge in [-0.15, -0.1) is 0 Å². The van der Waals surface area contributed by atoms with Crippen LogP contribution in [0.3, 0.4) is 0 Å². The fourth-order valence-electron chi connectivity index (χ4n) is 1.70. The Bertz CT molecular complexity index is 556. The molecule has 2 N–H and O–H groups in total. The molecular weight excluding hydrogens is 295 g/mol. The first-order valence-corrected chi connectivity index (χ1v) is 7.41. The Hall–Kier alpha value is -1.12. The lowest BCUT2D eigenvalue weighted by Gasteiger charge is -2.12. The summed E-state index contributed by atoms with van der Waals surface area (Å²) >= 11 is 0. The van der Waals surface area contributed by atoms with Crippen molar-refractivity contribution in [1.29, 1.82) is 0 Å². The van der Waals surface area contributed by atoms with Crippen molar-refractivity contribution in [3.63, 3.8) is 0 Å². The first-order valence-electron chi connectivity index (χ1n) is 5.93. The van der Waals surface area contributed by atoms with E-state index < -0.39 is 22.6 Å². The summed E-state index contributed by atoms with van der Waals surface area (Å²) in [6, 6.07) is 4.40. The Morgan fingerprint density at radius 1 is 1.30 bits per heavy atom. The number of halogens is 3. The van der Waals surface area contributed by atoms with E-state index in [0.29, 0.717) is 11.1 Å². The molecule has 0 atom stereocenters. The smallest absolute Gasteiger partial charge is 0.389 e. The molecule has 0 saturated heterocycles. The molecule has 0 aliphatic rings. The molecule has 8 heteroatoms. The second-order valence-electron chi connectivity index (χ2n) is 4.31. The van der Waals surface area contributed by atoms with Gasteiger partial charge >= 0.3 is 6.18 Å². The summed E-state index contributed by atoms with van der Waals surface area (Å²) in [6.45, 7) is 0.948. The molecule has 114 valence electrons. The molecule has 0 amide bonds. The molecule has 20 heavy (non-hydrogen) atoms. The van der Waals surface area contributed by atoms with E-state index in [-0.39, 0.29) is 24.5 Å². The number of benzene rings is 1. The molecule has 0 heterocycles. The molecule has 0 aromatic heterocycles. The minimum absolute atomic E-state index is 0.0314. The lowest BCUT2D eigenvalue weighted by molar-refractivity contribution is -0.135. The molecule has 0 bridgehead atoms. The number of rotatable bonds is 6. The van der Waals surface area contributed by atoms with Crippen LogP contribution in [0.15, 0.2) is 23.1 Å². The molecule has 4 nitrogen and oxygen atoms in total. The van der Waals surface area contributed by atoms with E-state index >= 15 is 0 Å². The van der Waals surface area contributed by atoms with Gasteiger partial charge in [-0.1, -0.05) is 12.1 Å². The maximum atomic E-state index is 12.0. The molecule has 0 saturated carbocycles. The normalized spacial score (nSPS) is 12.7. The maximum absolute atomic E-state index is 12.0. The van der Waals surface area contributed by atoms with E-state index in [1.54, 1.807) is 6.07 Å². The molecule has 1 rings (SSSR count). The van der Waals surface area contributed by atoms with Crippen LogP contribution in [0.5, 0.6) is 0 Å². The number of hydrogen-bond donors (Lipinski definition) is 2. The molecule has 1 aromatic rings. The largest absolute Gasteiger partial charge is 0.392 e. The van der Waals surface area contributed by atoms with Crippen molar-refractivity contribution in [3.8, 4) is 0 Å². The van der Waals surface area contributed by atoms with Crippen LogP contribution < -0.4 is 4.72 Å². The fourth-order valence-corrected chi connectivity index (χ4v) is 3.06. The zero-order chi connectivity index (χ0) is 15.4. The first kappa shape index (κ1) is 16.9. The van der Waals surface area contributed by atoms with Gasteiger partial charge in [0.1, 0.15) is 0 Å². The average molecular weight is 311 g/mol. The van der Waals surface area contributed by atoms with Crippen LogP contribution in [0.2, 0.25) is 0 Å². The van der Waals surface area contributed by atoms with E-state index in [9.17, 15) is 21.6 Å². The van der Waals surface area contributed by atoms with Gasteiger partial charge in [-0.2, -0.15) is 13.2 Å². The van der Waals surface area contributed by atoms with Gasteiger partial charge in [0.05, 0.1) is 11.5 Å². The van der Waals surface area contributed by atoms with Crippen LogP contribution in [0.4, 0.5) is 13.2 Å². The topological polar surface area (TPSA) is 66.4 Å². The zero-order valence-electron chi connectivity index (χ0n) is 10.9. The van der Waals surface area contributed by atoms with Gasteiger partial charge in [0.15, 0.2) is 0 Å². The minimum atomic E-state index is -4.29. The second kappa shape index (κ2) is 6.55. The monoisotopic (exact) mass is 311 g/mol. The van der Waals surface area contributed by atoms with Crippen molar-refractivity contribution >= 4 is 10.0 Å². The Kier molecular flexibility index (Phi) is 5.55. The van der Waals surface area contributed by atoms with Gasteiger partial charge in [0.2, 0.25) is 10.0 Å². The van der Waals surface area contributed by atoms with E-state index in [1.165, 1.54) is 19.1 Å². The zero-order valence-corrected chi connectivity index (χ0v) is 11.7. The third-order valence-corrected chi connectivity index (χ3v) is 4.39. The number of nitrogens with one attached hydrogen (secondary N) is 1. The summed E-state index contributed by atoms with van der Waals surface area (Å²) < 4.78 is 61.9. The van der Waals surface area contributed by atoms with E-state index in [1.807, 2.05) is 0 Å². The van der Waals surface area contributed by atoms with Gasteiger partial charge in [0.25, 0.3) is 0 Å². The number of aliphatic hydroxyl groups excluding tert-OH is 1. The molecule has 0 unspecified atom stereocenters. The fraction of sp³-hybridized carbons (Fsp3) is 0.500. The molecule has 0 radical (unpaired) electrons. The van der Waals surface area contributed by atoms with E-state index in [4.69, 9.17) is 5.11 Å². The van der Waals surface area contributed by atoms with Crippen molar-refractivity contribution in [1.82, 2.24) is 4.72 Å². The van der Waals surface area contributed by atoms with Gasteiger partial charge in [0, 0.05) is 13.0 Å². The van der Waals surface area contributed by atoms with Gasteiger partial charge < -0.3 is 5.11 Å². The van der Waals surface area contributed by atoms with E-state index in [2.05, 4.69) is 4.72 Å². The van der Waals surface area contributed by atoms with Gasteiger partial charge in [-0.3, -0.25) is 0 Å². The van der Waals surface area contributed by atoms with Crippen LogP contribution in [-0.2, 0) is 16.6 Å². The van der Waals surface area contributed by atoms with Crippen molar-refractivity contribution in [3.05, 3.63) is 29.3 Å². The molecular formula is C12H16F3NO3S. The number of aliphatic hydroxyl groups is 1. The Morgan fingerprint density at radius 2 is 1.95 bits per heavy atom. The number of alkyl halides is 3. The van der Waals surface area contributed by atoms with Crippen LogP contribution in [0.1, 0.15) is 24.0 Å². The predicted molar refractivity (Wildman–Crippen MR) is 67.6 cm³/mol. The summed E-state index contributed by atoms with van der Waals surface area (Å²) in [5.74, 6) is 0. The van der Waals surface area contributed by atoms with Crippen LogP contribution in [-0.4, -0.2) is 26.2 Å². The lowest BCUT2D eigenvalue weighted by Crippen LogP contribution is -2.26. The summed E-state index contributed by atoms with van der Waals surface area (Å²) in [4.78, 5) is -0.0314. The summed E-state index contributed by atoms with van der Waals surface area (Å²) in [6.07, 6.45) is -5.65. The molecule has 1 aromatic carbocycles. The molecule has 0 spiro atoms. The van der Waals surface area contributed by atoms with Crippen LogP contribution in [0, 0.1) is 6.92 Å². The summed E-state index contributed by atoms with van der Waals surface area (Å²) in [7, 11) is -3.87. The van der Waals surface area contributed by atoms with Crippen molar-refractivity contribution in [2.45, 2.75) is 37.4 Å². The molecule has 0 fully saturated rings. The third kappa shape index (κ3) is 4.77. The molecule has 0 aliphatic carbocycles. The van der Waals surface area contributed by atoms with Gasteiger partial charge in [-0.25, -0.2) is 13.1 Å². The summed E-state index contributed by atoms with van der Waals surface area (Å²) in [5.41, 5.74) is 0.849. The van der Waals surface area contributed by atoms with Crippen LogP contribution in [0.25, 0.3) is 0 Å². The average Bonchev–Trinajstić information content (AvgIpc) is 2.34. The Morgan fingerprint density at radius 3 is 2.50 bits per heavy atom. The maximum Gasteiger partial charge on any atom is 0.389 e.